The number of benzene rings is 2. The Hall–Kier alpha value is -2.61. The SMILES string of the molecule is C=CCC1(C)C(/C=C/c2ccccc2)=[N+](C)c2ccc(O)cc21. The molecule has 0 spiro atoms. The number of allylic oxidation sites excluding steroid dienone is 2. The first-order chi connectivity index (χ1) is 11.1. The first-order valence-corrected chi connectivity index (χ1v) is 7.85. The molecule has 0 fully saturated rings. The number of phenolic OH excluding ortho intramolecular Hbond substituents is 1. The zero-order valence-electron chi connectivity index (χ0n) is 13.7. The highest BCUT2D eigenvalue weighted by Crippen LogP contribution is 2.43. The van der Waals surface area contributed by atoms with Crippen molar-refractivity contribution < 1.29 is 9.68 Å². The van der Waals surface area contributed by atoms with Gasteiger partial charge in [-0.1, -0.05) is 36.4 Å². The smallest absolute Gasteiger partial charge is 0.209 e. The Morgan fingerprint density at radius 1 is 1.13 bits per heavy atom. The quantitative estimate of drug-likeness (QED) is 0.644. The minimum absolute atomic E-state index is 0.185. The summed E-state index contributed by atoms with van der Waals surface area (Å²) in [5, 5.41) is 9.91. The molecular formula is C21H22NO+. The second kappa shape index (κ2) is 5.88. The van der Waals surface area contributed by atoms with Crippen molar-refractivity contribution in [2.75, 3.05) is 7.05 Å². The Kier molecular flexibility index (Phi) is 3.91. The van der Waals surface area contributed by atoms with E-state index in [2.05, 4.69) is 49.4 Å². The van der Waals surface area contributed by atoms with Crippen molar-refractivity contribution >= 4 is 17.5 Å². The van der Waals surface area contributed by atoms with Crippen molar-refractivity contribution in [1.82, 2.24) is 0 Å². The lowest BCUT2D eigenvalue weighted by Crippen LogP contribution is -2.29. The first-order valence-electron chi connectivity index (χ1n) is 7.85. The molecule has 2 aromatic carbocycles. The molecule has 1 unspecified atom stereocenters. The Labute approximate surface area is 137 Å². The molecule has 3 rings (SSSR count). The van der Waals surface area contributed by atoms with Crippen molar-refractivity contribution in [2.24, 2.45) is 0 Å². The van der Waals surface area contributed by atoms with Crippen LogP contribution in [0, 0.1) is 0 Å². The topological polar surface area (TPSA) is 23.2 Å². The molecule has 0 radical (unpaired) electrons. The highest BCUT2D eigenvalue weighted by molar-refractivity contribution is 6.05. The lowest BCUT2D eigenvalue weighted by atomic mass is 9.76. The summed E-state index contributed by atoms with van der Waals surface area (Å²) in [4.78, 5) is 0. The molecule has 2 nitrogen and oxygen atoms in total. The molecule has 2 aromatic rings. The molecule has 23 heavy (non-hydrogen) atoms. The number of rotatable bonds is 4. The summed E-state index contributed by atoms with van der Waals surface area (Å²) >= 11 is 0. The average molecular weight is 304 g/mol. The Morgan fingerprint density at radius 3 is 2.57 bits per heavy atom. The van der Waals surface area contributed by atoms with Gasteiger partial charge in [-0.3, -0.25) is 0 Å². The molecule has 1 aliphatic rings. The number of hydrogen-bond acceptors (Lipinski definition) is 1. The summed E-state index contributed by atoms with van der Waals surface area (Å²) in [6.07, 6.45) is 7.08. The van der Waals surface area contributed by atoms with Crippen LogP contribution in [0.15, 0.2) is 67.3 Å². The van der Waals surface area contributed by atoms with Crippen LogP contribution in [0.1, 0.15) is 24.5 Å². The van der Waals surface area contributed by atoms with Gasteiger partial charge in [0.1, 0.15) is 12.8 Å². The van der Waals surface area contributed by atoms with Crippen LogP contribution in [0.4, 0.5) is 5.69 Å². The van der Waals surface area contributed by atoms with Gasteiger partial charge in [-0.15, -0.1) is 6.58 Å². The number of nitrogens with zero attached hydrogens (tertiary/aromatic N) is 1. The third kappa shape index (κ3) is 2.61. The van der Waals surface area contributed by atoms with Gasteiger partial charge in [0.15, 0.2) is 5.71 Å². The third-order valence-electron chi connectivity index (χ3n) is 4.65. The standard InChI is InChI=1S/C21H21NO/c1-4-14-21(2)18-15-17(23)11-12-19(18)22(3)20(21)13-10-16-8-6-5-7-9-16/h4-13,15H,1,14H2,2-3H3/p+1/b13-10+. The molecule has 1 heterocycles. The van der Waals surface area contributed by atoms with Crippen molar-refractivity contribution in [1.29, 1.82) is 0 Å². The molecule has 0 amide bonds. The van der Waals surface area contributed by atoms with Crippen LogP contribution >= 0.6 is 0 Å². The summed E-state index contributed by atoms with van der Waals surface area (Å²) < 4.78 is 2.21. The van der Waals surface area contributed by atoms with E-state index in [1.807, 2.05) is 36.4 Å². The Balaban J connectivity index is 2.09. The van der Waals surface area contributed by atoms with Crippen molar-refractivity contribution in [3.8, 4) is 5.75 Å². The summed E-state index contributed by atoms with van der Waals surface area (Å²) in [5.74, 6) is 0.306. The maximum absolute atomic E-state index is 9.91. The fraction of sp³-hybridized carbons (Fsp3) is 0.190. The summed E-state index contributed by atoms with van der Waals surface area (Å²) in [5.41, 5.74) is 4.48. The molecule has 1 atom stereocenters. The van der Waals surface area contributed by atoms with E-state index < -0.39 is 0 Å². The molecule has 0 bridgehead atoms. The molecule has 1 aliphatic heterocycles. The van der Waals surface area contributed by atoms with Gasteiger partial charge in [-0.25, -0.2) is 0 Å². The van der Waals surface area contributed by atoms with E-state index in [4.69, 9.17) is 0 Å². The maximum atomic E-state index is 9.91. The van der Waals surface area contributed by atoms with Gasteiger partial charge in [0.25, 0.3) is 0 Å². The van der Waals surface area contributed by atoms with E-state index in [0.29, 0.717) is 5.75 Å². The highest BCUT2D eigenvalue weighted by atomic mass is 16.3. The van der Waals surface area contributed by atoms with Gasteiger partial charge in [0.2, 0.25) is 5.69 Å². The minimum atomic E-state index is -0.185. The first kappa shape index (κ1) is 15.3. The molecular weight excluding hydrogens is 282 g/mol. The van der Waals surface area contributed by atoms with Crippen LogP contribution in [0.3, 0.4) is 0 Å². The van der Waals surface area contributed by atoms with E-state index in [9.17, 15) is 5.11 Å². The predicted molar refractivity (Wildman–Crippen MR) is 96.6 cm³/mol. The van der Waals surface area contributed by atoms with E-state index >= 15 is 0 Å². The number of phenols is 1. The molecule has 0 aliphatic carbocycles. The van der Waals surface area contributed by atoms with Crippen molar-refractivity contribution in [3.05, 3.63) is 78.4 Å². The van der Waals surface area contributed by atoms with Gasteiger partial charge in [-0.2, -0.15) is 4.58 Å². The third-order valence-corrected chi connectivity index (χ3v) is 4.65. The molecule has 116 valence electrons. The van der Waals surface area contributed by atoms with Crippen molar-refractivity contribution in [3.63, 3.8) is 0 Å². The Morgan fingerprint density at radius 2 is 1.87 bits per heavy atom. The van der Waals surface area contributed by atoms with Crippen LogP contribution < -0.4 is 0 Å². The van der Waals surface area contributed by atoms with Crippen LogP contribution in [0.5, 0.6) is 5.75 Å². The van der Waals surface area contributed by atoms with E-state index in [1.54, 1.807) is 6.07 Å². The lowest BCUT2D eigenvalue weighted by Gasteiger charge is -2.20. The minimum Gasteiger partial charge on any atom is -0.508 e. The second-order valence-corrected chi connectivity index (χ2v) is 6.21. The molecule has 0 saturated carbocycles. The number of hydrogen-bond donors (Lipinski definition) is 1. The number of fused-ring (bicyclic) bond motifs is 1. The second-order valence-electron chi connectivity index (χ2n) is 6.21. The average Bonchev–Trinajstić information content (AvgIpc) is 2.75. The van der Waals surface area contributed by atoms with Gasteiger partial charge in [0, 0.05) is 17.7 Å². The fourth-order valence-electron chi connectivity index (χ4n) is 3.43. The lowest BCUT2D eigenvalue weighted by molar-refractivity contribution is -0.401. The fourth-order valence-corrected chi connectivity index (χ4v) is 3.43. The summed E-state index contributed by atoms with van der Waals surface area (Å²) in [7, 11) is 2.08. The van der Waals surface area contributed by atoms with Gasteiger partial charge < -0.3 is 5.11 Å². The molecule has 2 heteroatoms. The summed E-state index contributed by atoms with van der Waals surface area (Å²) in [6, 6.07) is 15.9. The predicted octanol–water partition coefficient (Wildman–Crippen LogP) is 4.67. The van der Waals surface area contributed by atoms with E-state index in [1.165, 1.54) is 11.3 Å². The van der Waals surface area contributed by atoms with Crippen LogP contribution in [-0.4, -0.2) is 22.4 Å². The van der Waals surface area contributed by atoms with E-state index in [-0.39, 0.29) is 5.41 Å². The van der Waals surface area contributed by atoms with Crippen LogP contribution in [0.25, 0.3) is 6.08 Å². The van der Waals surface area contributed by atoms with Crippen LogP contribution in [0.2, 0.25) is 0 Å². The summed E-state index contributed by atoms with van der Waals surface area (Å²) in [6.45, 7) is 6.13. The van der Waals surface area contributed by atoms with Crippen molar-refractivity contribution in [2.45, 2.75) is 18.8 Å². The van der Waals surface area contributed by atoms with Gasteiger partial charge >= 0.3 is 0 Å². The van der Waals surface area contributed by atoms with Crippen LogP contribution in [-0.2, 0) is 5.41 Å². The van der Waals surface area contributed by atoms with Gasteiger partial charge in [0.05, 0.1) is 5.41 Å². The largest absolute Gasteiger partial charge is 0.508 e. The molecule has 0 saturated heterocycles. The van der Waals surface area contributed by atoms with Gasteiger partial charge in [-0.05, 0) is 37.1 Å². The zero-order valence-corrected chi connectivity index (χ0v) is 13.7. The van der Waals surface area contributed by atoms with E-state index in [0.717, 1.165) is 17.7 Å². The monoisotopic (exact) mass is 304 g/mol. The maximum Gasteiger partial charge on any atom is 0.209 e. The number of aromatic hydroxyl groups is 1. The molecule has 1 N–H and O–H groups in total. The normalized spacial score (nSPS) is 20.1. The Bertz CT molecular complexity index is 802. The highest BCUT2D eigenvalue weighted by Gasteiger charge is 2.45. The zero-order chi connectivity index (χ0) is 16.4. The molecule has 0 aromatic heterocycles.